The van der Waals surface area contributed by atoms with Crippen molar-refractivity contribution in [2.75, 3.05) is 24.7 Å². The molecule has 1 aliphatic heterocycles. The zero-order valence-corrected chi connectivity index (χ0v) is 11.8. The summed E-state index contributed by atoms with van der Waals surface area (Å²) >= 11 is 2.85. The van der Waals surface area contributed by atoms with Crippen molar-refractivity contribution in [3.8, 4) is 0 Å². The highest BCUT2D eigenvalue weighted by molar-refractivity contribution is 7.99. The zero-order chi connectivity index (χ0) is 13.1. The minimum Gasteiger partial charge on any atom is -0.465 e. The van der Waals surface area contributed by atoms with Gasteiger partial charge in [0.2, 0.25) is 0 Å². The van der Waals surface area contributed by atoms with Crippen molar-refractivity contribution in [3.63, 3.8) is 0 Å². The van der Waals surface area contributed by atoms with Gasteiger partial charge in [-0.3, -0.25) is 14.5 Å². The molecule has 1 aromatic rings. The first-order valence-corrected chi connectivity index (χ1v) is 7.67. The topological polar surface area (TPSA) is 58.6 Å². The lowest BCUT2D eigenvalue weighted by Gasteiger charge is -2.34. The highest BCUT2D eigenvalue weighted by Gasteiger charge is 2.33. The number of hydrogen-bond donors (Lipinski definition) is 1. The molecule has 0 saturated heterocycles. The van der Waals surface area contributed by atoms with Crippen molar-refractivity contribution in [2.45, 2.75) is 12.4 Å². The number of nitrogens with one attached hydrogen (secondary N) is 1. The van der Waals surface area contributed by atoms with Crippen LogP contribution in [0, 0.1) is 0 Å². The van der Waals surface area contributed by atoms with Crippen molar-refractivity contribution in [3.05, 3.63) is 16.3 Å². The molecule has 0 aliphatic carbocycles. The van der Waals surface area contributed by atoms with E-state index in [4.69, 9.17) is 4.74 Å². The number of carbonyl (C=O) groups is 2. The molecule has 1 unspecified atom stereocenters. The maximum Gasteiger partial charge on any atom is 0.325 e. The van der Waals surface area contributed by atoms with Gasteiger partial charge in [0.05, 0.1) is 12.3 Å². The third kappa shape index (κ3) is 2.46. The highest BCUT2D eigenvalue weighted by atomic mass is 32.2. The average Bonchev–Trinajstić information content (AvgIpc) is 2.81. The van der Waals surface area contributed by atoms with Gasteiger partial charge >= 0.3 is 5.97 Å². The summed E-state index contributed by atoms with van der Waals surface area (Å²) in [6.07, 6.45) is 1.89. The molecule has 0 spiro atoms. The van der Waals surface area contributed by atoms with Gasteiger partial charge in [-0.1, -0.05) is 0 Å². The molecule has 0 aromatic carbocycles. The van der Waals surface area contributed by atoms with E-state index in [1.165, 1.54) is 28.0 Å². The van der Waals surface area contributed by atoms with Gasteiger partial charge in [0.25, 0.3) is 5.91 Å². The lowest BCUT2D eigenvalue weighted by molar-refractivity contribution is -0.143. The fraction of sp³-hybridized carbons (Fsp3) is 0.455. The SMILES string of the molecule is CCOC(=O)CN1C(=O)c2sccc2NC1SC. The summed E-state index contributed by atoms with van der Waals surface area (Å²) in [5, 5.41) is 5.09. The van der Waals surface area contributed by atoms with E-state index in [1.807, 2.05) is 17.7 Å². The Balaban J connectivity index is 2.18. The second-order valence-corrected chi connectivity index (χ2v) is 5.47. The zero-order valence-electron chi connectivity index (χ0n) is 10.1. The Hall–Kier alpha value is -1.21. The molecule has 1 aliphatic rings. The highest BCUT2D eigenvalue weighted by Crippen LogP contribution is 2.32. The summed E-state index contributed by atoms with van der Waals surface area (Å²) in [6.45, 7) is 2.04. The Kier molecular flexibility index (Phi) is 4.13. The van der Waals surface area contributed by atoms with E-state index in [9.17, 15) is 9.59 Å². The Labute approximate surface area is 113 Å². The van der Waals surface area contributed by atoms with Crippen molar-refractivity contribution < 1.29 is 14.3 Å². The number of thioether (sulfide) groups is 1. The van der Waals surface area contributed by atoms with Crippen LogP contribution in [-0.2, 0) is 9.53 Å². The summed E-state index contributed by atoms with van der Waals surface area (Å²) in [7, 11) is 0. The first-order valence-electron chi connectivity index (χ1n) is 5.50. The predicted octanol–water partition coefficient (Wildman–Crippen LogP) is 1.83. The molecular weight excluding hydrogens is 272 g/mol. The molecule has 5 nitrogen and oxygen atoms in total. The molecular formula is C11H14N2O3S2. The lowest BCUT2D eigenvalue weighted by atomic mass is 10.3. The molecule has 0 radical (unpaired) electrons. The molecule has 0 bridgehead atoms. The Morgan fingerprint density at radius 3 is 3.11 bits per heavy atom. The van der Waals surface area contributed by atoms with Crippen LogP contribution in [0.4, 0.5) is 5.69 Å². The monoisotopic (exact) mass is 286 g/mol. The Bertz CT molecular complexity index is 461. The van der Waals surface area contributed by atoms with Crippen LogP contribution in [0.2, 0.25) is 0 Å². The number of esters is 1. The molecule has 0 saturated carbocycles. The number of rotatable bonds is 4. The van der Waals surface area contributed by atoms with Crippen LogP contribution in [0.25, 0.3) is 0 Å². The van der Waals surface area contributed by atoms with Gasteiger partial charge in [0.15, 0.2) is 5.50 Å². The molecule has 7 heteroatoms. The van der Waals surface area contributed by atoms with E-state index in [2.05, 4.69) is 5.32 Å². The van der Waals surface area contributed by atoms with Crippen LogP contribution < -0.4 is 5.32 Å². The van der Waals surface area contributed by atoms with E-state index in [-0.39, 0.29) is 23.9 Å². The van der Waals surface area contributed by atoms with Crippen LogP contribution in [-0.4, -0.2) is 41.7 Å². The number of fused-ring (bicyclic) bond motifs is 1. The normalized spacial score (nSPS) is 18.2. The van der Waals surface area contributed by atoms with Crippen molar-refractivity contribution in [1.82, 2.24) is 4.90 Å². The van der Waals surface area contributed by atoms with E-state index in [0.717, 1.165) is 5.69 Å². The molecule has 2 rings (SSSR count). The smallest absolute Gasteiger partial charge is 0.325 e. The summed E-state index contributed by atoms with van der Waals surface area (Å²) in [5.74, 6) is -0.502. The van der Waals surface area contributed by atoms with Crippen LogP contribution in [0.15, 0.2) is 11.4 Å². The van der Waals surface area contributed by atoms with Crippen LogP contribution >= 0.6 is 23.1 Å². The van der Waals surface area contributed by atoms with Gasteiger partial charge < -0.3 is 10.1 Å². The number of carbonyl (C=O) groups excluding carboxylic acids is 2. The second kappa shape index (κ2) is 5.62. The van der Waals surface area contributed by atoms with Crippen LogP contribution in [0.5, 0.6) is 0 Å². The number of anilines is 1. The summed E-state index contributed by atoms with van der Waals surface area (Å²) < 4.78 is 4.89. The first-order chi connectivity index (χ1) is 8.67. The number of thiophene rings is 1. The Morgan fingerprint density at radius 1 is 1.67 bits per heavy atom. The molecule has 18 heavy (non-hydrogen) atoms. The van der Waals surface area contributed by atoms with E-state index in [1.54, 1.807) is 6.92 Å². The average molecular weight is 286 g/mol. The maximum absolute atomic E-state index is 12.3. The van der Waals surface area contributed by atoms with Crippen molar-refractivity contribution in [2.24, 2.45) is 0 Å². The predicted molar refractivity (Wildman–Crippen MR) is 72.9 cm³/mol. The minimum absolute atomic E-state index is 0.0253. The van der Waals surface area contributed by atoms with Crippen molar-refractivity contribution >= 4 is 40.7 Å². The van der Waals surface area contributed by atoms with Gasteiger partial charge in [0.1, 0.15) is 11.4 Å². The van der Waals surface area contributed by atoms with Crippen molar-refractivity contribution in [1.29, 1.82) is 0 Å². The van der Waals surface area contributed by atoms with Gasteiger partial charge in [-0.05, 0) is 24.6 Å². The molecule has 1 atom stereocenters. The fourth-order valence-corrected chi connectivity index (χ4v) is 3.20. The van der Waals surface area contributed by atoms with E-state index in [0.29, 0.717) is 11.5 Å². The summed E-state index contributed by atoms with van der Waals surface area (Å²) in [6, 6.07) is 1.88. The van der Waals surface area contributed by atoms with Gasteiger partial charge in [-0.2, -0.15) is 0 Å². The Morgan fingerprint density at radius 2 is 2.44 bits per heavy atom. The molecule has 1 N–H and O–H groups in total. The quantitative estimate of drug-likeness (QED) is 0.856. The first kappa shape index (κ1) is 13.2. The number of ether oxygens (including phenoxy) is 1. The van der Waals surface area contributed by atoms with Crippen LogP contribution in [0.3, 0.4) is 0 Å². The fourth-order valence-electron chi connectivity index (χ4n) is 1.72. The molecule has 1 aromatic heterocycles. The number of amides is 1. The second-order valence-electron chi connectivity index (χ2n) is 3.63. The summed E-state index contributed by atoms with van der Waals surface area (Å²) in [4.78, 5) is 25.9. The standard InChI is InChI=1S/C11H14N2O3S2/c1-3-16-8(14)6-13-10(15)9-7(4-5-18-9)12-11(13)17-2/h4-5,11-12H,3,6H2,1-2H3. The van der Waals surface area contributed by atoms with Gasteiger partial charge in [0, 0.05) is 0 Å². The van der Waals surface area contributed by atoms with E-state index < -0.39 is 0 Å². The van der Waals surface area contributed by atoms with Gasteiger partial charge in [-0.15, -0.1) is 23.1 Å². The van der Waals surface area contributed by atoms with Gasteiger partial charge in [-0.25, -0.2) is 0 Å². The maximum atomic E-state index is 12.3. The molecule has 98 valence electrons. The molecule has 1 amide bonds. The third-order valence-corrected chi connectivity index (χ3v) is 4.23. The molecule has 0 fully saturated rings. The minimum atomic E-state index is -0.383. The number of hydrogen-bond acceptors (Lipinski definition) is 6. The van der Waals surface area contributed by atoms with Crippen LogP contribution in [0.1, 0.15) is 16.6 Å². The lowest BCUT2D eigenvalue weighted by Crippen LogP contribution is -2.48. The summed E-state index contributed by atoms with van der Waals surface area (Å²) in [5.41, 5.74) is 0.605. The third-order valence-electron chi connectivity index (χ3n) is 2.51. The van der Waals surface area contributed by atoms with E-state index >= 15 is 0 Å². The largest absolute Gasteiger partial charge is 0.465 e. The number of nitrogens with zero attached hydrogens (tertiary/aromatic N) is 1. The molecule has 2 heterocycles.